The molecule has 0 aliphatic carbocycles. The highest BCUT2D eigenvalue weighted by Gasteiger charge is 2.19. The Kier molecular flexibility index (Phi) is 5.59. The largest absolute Gasteiger partial charge is 0.371 e. The van der Waals surface area contributed by atoms with Crippen molar-refractivity contribution >= 4 is 27.5 Å². The summed E-state index contributed by atoms with van der Waals surface area (Å²) in [6.07, 6.45) is 0. The molecule has 18 heavy (non-hydrogen) atoms. The third kappa shape index (κ3) is 3.45. The molecule has 0 aromatic heterocycles. The van der Waals surface area contributed by atoms with Gasteiger partial charge in [-0.1, -0.05) is 6.07 Å². The number of nitrogens with one attached hydrogen (secondary N) is 1. The zero-order valence-electron chi connectivity index (χ0n) is 10.8. The number of anilines is 1. The smallest absolute Gasteiger partial charge is 0.244 e. The Hall–Kier alpha value is -1.10. The Labute approximate surface area is 115 Å². The van der Waals surface area contributed by atoms with Gasteiger partial charge in [-0.15, -0.1) is 0 Å². The molecular weight excluding hydrogens is 299 g/mol. The van der Waals surface area contributed by atoms with Gasteiger partial charge in [0.2, 0.25) is 5.91 Å². The number of carbonyl (C=O) groups excluding carboxylic acids is 1. The van der Waals surface area contributed by atoms with Crippen LogP contribution in [0.3, 0.4) is 0 Å². The Morgan fingerprint density at radius 1 is 1.44 bits per heavy atom. The molecule has 1 unspecified atom stereocenters. The second-order valence-electron chi connectivity index (χ2n) is 3.97. The van der Waals surface area contributed by atoms with Gasteiger partial charge in [0.15, 0.2) is 0 Å². The van der Waals surface area contributed by atoms with Gasteiger partial charge >= 0.3 is 0 Å². The summed E-state index contributed by atoms with van der Waals surface area (Å²) in [4.78, 5) is 13.8. The van der Waals surface area contributed by atoms with Crippen LogP contribution in [0.5, 0.6) is 0 Å². The monoisotopic (exact) mass is 316 g/mol. The van der Waals surface area contributed by atoms with Crippen LogP contribution in [0.25, 0.3) is 0 Å². The summed E-state index contributed by atoms with van der Waals surface area (Å²) in [5.41, 5.74) is 0.325. The van der Waals surface area contributed by atoms with Crippen molar-refractivity contribution in [3.8, 4) is 0 Å². The van der Waals surface area contributed by atoms with Crippen LogP contribution in [0.15, 0.2) is 22.7 Å². The van der Waals surface area contributed by atoms with Crippen LogP contribution >= 0.6 is 15.9 Å². The van der Waals surface area contributed by atoms with Crippen LogP contribution in [-0.4, -0.2) is 29.9 Å². The van der Waals surface area contributed by atoms with E-state index >= 15 is 0 Å². The lowest BCUT2D eigenvalue weighted by Gasteiger charge is -2.24. The lowest BCUT2D eigenvalue weighted by Crippen LogP contribution is -2.41. The highest BCUT2D eigenvalue weighted by molar-refractivity contribution is 9.10. The first-order valence-electron chi connectivity index (χ1n) is 6.00. The van der Waals surface area contributed by atoms with Crippen molar-refractivity contribution in [3.05, 3.63) is 28.5 Å². The van der Waals surface area contributed by atoms with Crippen LogP contribution in [0.2, 0.25) is 0 Å². The van der Waals surface area contributed by atoms with E-state index in [-0.39, 0.29) is 11.7 Å². The number of likely N-dealkylation sites (N-methyl/N-ethyl adjacent to an activating group) is 1. The van der Waals surface area contributed by atoms with Gasteiger partial charge < -0.3 is 10.2 Å². The van der Waals surface area contributed by atoms with Gasteiger partial charge in [-0.25, -0.2) is 4.39 Å². The first kappa shape index (κ1) is 15.0. The quantitative estimate of drug-likeness (QED) is 0.904. The van der Waals surface area contributed by atoms with Crippen molar-refractivity contribution in [2.45, 2.75) is 26.8 Å². The van der Waals surface area contributed by atoms with E-state index in [1.807, 2.05) is 13.8 Å². The van der Waals surface area contributed by atoms with Gasteiger partial charge in [0, 0.05) is 17.6 Å². The summed E-state index contributed by atoms with van der Waals surface area (Å²) >= 11 is 3.27. The minimum Gasteiger partial charge on any atom is -0.371 e. The Bertz CT molecular complexity index is 401. The first-order chi connectivity index (χ1) is 8.51. The van der Waals surface area contributed by atoms with Crippen molar-refractivity contribution in [1.82, 2.24) is 4.90 Å². The number of benzene rings is 1. The standard InChI is InChI=1S/C13H18BrFN2O/c1-4-17(5-2)13(18)9(3)16-12-10(14)7-6-8-11(12)15/h6-9,16H,4-5H2,1-3H3. The van der Waals surface area contributed by atoms with Crippen LogP contribution in [0.4, 0.5) is 10.1 Å². The molecule has 1 aromatic carbocycles. The van der Waals surface area contributed by atoms with E-state index < -0.39 is 6.04 Å². The predicted octanol–water partition coefficient (Wildman–Crippen LogP) is 3.26. The molecule has 1 atom stereocenters. The van der Waals surface area contributed by atoms with Gasteiger partial charge in [-0.2, -0.15) is 0 Å². The Morgan fingerprint density at radius 3 is 2.56 bits per heavy atom. The van der Waals surface area contributed by atoms with Gasteiger partial charge in [0.1, 0.15) is 11.9 Å². The Balaban J connectivity index is 2.81. The van der Waals surface area contributed by atoms with Crippen molar-refractivity contribution in [2.75, 3.05) is 18.4 Å². The van der Waals surface area contributed by atoms with E-state index in [1.165, 1.54) is 6.07 Å². The van der Waals surface area contributed by atoms with Crippen molar-refractivity contribution in [1.29, 1.82) is 0 Å². The van der Waals surface area contributed by atoms with Crippen LogP contribution in [-0.2, 0) is 4.79 Å². The number of rotatable bonds is 5. The maximum absolute atomic E-state index is 13.6. The topological polar surface area (TPSA) is 32.3 Å². The maximum atomic E-state index is 13.6. The summed E-state index contributed by atoms with van der Waals surface area (Å²) in [5.74, 6) is -0.404. The number of amides is 1. The van der Waals surface area contributed by atoms with Crippen LogP contribution in [0, 0.1) is 5.82 Å². The van der Waals surface area contributed by atoms with E-state index in [4.69, 9.17) is 0 Å². The fourth-order valence-electron chi connectivity index (χ4n) is 1.72. The van der Waals surface area contributed by atoms with Crippen molar-refractivity contribution < 1.29 is 9.18 Å². The van der Waals surface area contributed by atoms with Crippen molar-refractivity contribution in [2.24, 2.45) is 0 Å². The third-order valence-electron chi connectivity index (χ3n) is 2.77. The van der Waals surface area contributed by atoms with Crippen molar-refractivity contribution in [3.63, 3.8) is 0 Å². The first-order valence-corrected chi connectivity index (χ1v) is 6.79. The van der Waals surface area contributed by atoms with E-state index in [2.05, 4.69) is 21.2 Å². The molecular formula is C13H18BrFN2O. The van der Waals surface area contributed by atoms with E-state index in [0.717, 1.165) is 0 Å². The molecule has 0 saturated carbocycles. The molecule has 3 nitrogen and oxygen atoms in total. The number of hydrogen-bond acceptors (Lipinski definition) is 2. The van der Waals surface area contributed by atoms with Gasteiger partial charge in [-0.05, 0) is 48.8 Å². The highest BCUT2D eigenvalue weighted by atomic mass is 79.9. The average molecular weight is 317 g/mol. The second-order valence-corrected chi connectivity index (χ2v) is 4.83. The highest BCUT2D eigenvalue weighted by Crippen LogP contribution is 2.25. The predicted molar refractivity (Wildman–Crippen MR) is 75.1 cm³/mol. The third-order valence-corrected chi connectivity index (χ3v) is 3.43. The normalized spacial score (nSPS) is 12.1. The molecule has 0 spiro atoms. The molecule has 0 fully saturated rings. The number of halogens is 2. The molecule has 1 aromatic rings. The summed E-state index contributed by atoms with van der Waals surface area (Å²) in [7, 11) is 0. The minimum atomic E-state index is -0.460. The van der Waals surface area contributed by atoms with Gasteiger partial charge in [0.25, 0.3) is 0 Å². The molecule has 1 rings (SSSR count). The fourth-order valence-corrected chi connectivity index (χ4v) is 2.18. The molecule has 0 aliphatic rings. The number of carbonyl (C=O) groups is 1. The summed E-state index contributed by atoms with van der Waals surface area (Å²) < 4.78 is 14.2. The fraction of sp³-hybridized carbons (Fsp3) is 0.462. The molecule has 1 amide bonds. The molecule has 0 bridgehead atoms. The summed E-state index contributed by atoms with van der Waals surface area (Å²) in [5, 5.41) is 2.91. The zero-order valence-corrected chi connectivity index (χ0v) is 12.4. The molecule has 0 aliphatic heterocycles. The number of para-hydroxylation sites is 1. The lowest BCUT2D eigenvalue weighted by atomic mass is 10.2. The van der Waals surface area contributed by atoms with Gasteiger partial charge in [-0.3, -0.25) is 4.79 Å². The van der Waals surface area contributed by atoms with E-state index in [9.17, 15) is 9.18 Å². The molecule has 0 saturated heterocycles. The van der Waals surface area contributed by atoms with E-state index in [1.54, 1.807) is 24.0 Å². The molecule has 0 heterocycles. The molecule has 1 N–H and O–H groups in total. The second kappa shape index (κ2) is 6.73. The summed E-state index contributed by atoms with van der Waals surface area (Å²) in [6, 6.07) is 4.25. The molecule has 0 radical (unpaired) electrons. The number of hydrogen-bond donors (Lipinski definition) is 1. The molecule has 100 valence electrons. The van der Waals surface area contributed by atoms with Crippen LogP contribution in [0.1, 0.15) is 20.8 Å². The average Bonchev–Trinajstić information content (AvgIpc) is 2.35. The number of nitrogens with zero attached hydrogens (tertiary/aromatic N) is 1. The minimum absolute atomic E-state index is 0.0323. The Morgan fingerprint density at radius 2 is 2.06 bits per heavy atom. The van der Waals surface area contributed by atoms with Gasteiger partial charge in [0.05, 0.1) is 5.69 Å². The summed E-state index contributed by atoms with van der Waals surface area (Å²) in [6.45, 7) is 6.89. The SMILES string of the molecule is CCN(CC)C(=O)C(C)Nc1c(F)cccc1Br. The zero-order chi connectivity index (χ0) is 13.7. The van der Waals surface area contributed by atoms with E-state index in [0.29, 0.717) is 23.2 Å². The maximum Gasteiger partial charge on any atom is 0.244 e. The van der Waals surface area contributed by atoms with Crippen LogP contribution < -0.4 is 5.32 Å². The lowest BCUT2D eigenvalue weighted by molar-refractivity contribution is -0.131. The molecule has 5 heteroatoms.